The highest BCUT2D eigenvalue weighted by atomic mass is 35.5. The minimum absolute atomic E-state index is 0.0253. The lowest BCUT2D eigenvalue weighted by molar-refractivity contribution is 0.102. The lowest BCUT2D eigenvalue weighted by atomic mass is 10.2. The van der Waals surface area contributed by atoms with Crippen LogP contribution in [0.15, 0.2) is 36.5 Å². The number of aliphatic hydroxyl groups excluding tert-OH is 1. The summed E-state index contributed by atoms with van der Waals surface area (Å²) in [5, 5.41) is 15.0. The molecule has 5 nitrogen and oxygen atoms in total. The Morgan fingerprint density at radius 1 is 1.19 bits per heavy atom. The summed E-state index contributed by atoms with van der Waals surface area (Å²) in [7, 11) is 0. The van der Waals surface area contributed by atoms with E-state index in [0.717, 1.165) is 0 Å². The lowest BCUT2D eigenvalue weighted by Crippen LogP contribution is -2.12. The first kappa shape index (κ1) is 15.6. The maximum atomic E-state index is 12.0. The van der Waals surface area contributed by atoms with E-state index in [1.165, 1.54) is 12.3 Å². The average molecular weight is 326 g/mol. The molecular weight excluding hydrogens is 313 g/mol. The number of hydrogen-bond donors (Lipinski definition) is 3. The summed E-state index contributed by atoms with van der Waals surface area (Å²) in [6, 6.07) is 8.08. The Kier molecular flexibility index (Phi) is 5.38. The first-order chi connectivity index (χ1) is 10.1. The van der Waals surface area contributed by atoms with E-state index in [1.807, 2.05) is 0 Å². The third-order valence-corrected chi connectivity index (χ3v) is 3.36. The molecule has 110 valence electrons. The Morgan fingerprint density at radius 2 is 2.00 bits per heavy atom. The monoisotopic (exact) mass is 325 g/mol. The van der Waals surface area contributed by atoms with Crippen LogP contribution in [-0.2, 0) is 0 Å². The van der Waals surface area contributed by atoms with Gasteiger partial charge in [0.1, 0.15) is 5.82 Å². The van der Waals surface area contributed by atoms with Gasteiger partial charge in [0.05, 0.1) is 28.5 Å². The van der Waals surface area contributed by atoms with E-state index >= 15 is 0 Å². The summed E-state index contributed by atoms with van der Waals surface area (Å²) < 4.78 is 0. The number of carbonyl (C=O) groups is 1. The van der Waals surface area contributed by atoms with Crippen LogP contribution in [0.4, 0.5) is 11.5 Å². The van der Waals surface area contributed by atoms with Gasteiger partial charge in [-0.1, -0.05) is 23.2 Å². The maximum absolute atomic E-state index is 12.0. The quantitative estimate of drug-likeness (QED) is 0.789. The number of nitrogens with one attached hydrogen (secondary N) is 2. The van der Waals surface area contributed by atoms with E-state index < -0.39 is 0 Å². The smallest absolute Gasteiger partial charge is 0.255 e. The fraction of sp³-hybridized carbons (Fsp3) is 0.143. The summed E-state index contributed by atoms with van der Waals surface area (Å²) in [6.45, 7) is 0.444. The van der Waals surface area contributed by atoms with Gasteiger partial charge in [-0.05, 0) is 30.3 Å². The van der Waals surface area contributed by atoms with Crippen LogP contribution < -0.4 is 10.6 Å². The second-order valence-corrected chi connectivity index (χ2v) is 4.98. The standard InChI is InChI=1S/C14H13Cl2N3O2/c15-11-3-1-9(7-12(11)16)14(21)19-10-2-4-13(18-8-10)17-5-6-20/h1-4,7-8,20H,5-6H2,(H,17,18)(H,19,21). The van der Waals surface area contributed by atoms with Crippen LogP contribution in [0.2, 0.25) is 10.0 Å². The van der Waals surface area contributed by atoms with Crippen molar-refractivity contribution in [3.63, 3.8) is 0 Å². The Hall–Kier alpha value is -1.82. The summed E-state index contributed by atoms with van der Waals surface area (Å²) in [4.78, 5) is 16.2. The van der Waals surface area contributed by atoms with Gasteiger partial charge in [-0.2, -0.15) is 0 Å². The predicted octanol–water partition coefficient (Wildman–Crippen LogP) is 3.04. The Labute approximate surface area is 131 Å². The fourth-order valence-electron chi connectivity index (χ4n) is 1.60. The van der Waals surface area contributed by atoms with Crippen LogP contribution in [0.5, 0.6) is 0 Å². The third-order valence-electron chi connectivity index (χ3n) is 2.62. The molecule has 0 aliphatic heterocycles. The van der Waals surface area contributed by atoms with Gasteiger partial charge in [0.15, 0.2) is 0 Å². The topological polar surface area (TPSA) is 74.2 Å². The van der Waals surface area contributed by atoms with Gasteiger partial charge in [-0.25, -0.2) is 4.98 Å². The molecule has 1 aromatic carbocycles. The van der Waals surface area contributed by atoms with Gasteiger partial charge in [0.25, 0.3) is 5.91 Å². The van der Waals surface area contributed by atoms with E-state index in [-0.39, 0.29) is 12.5 Å². The number of aliphatic hydroxyl groups is 1. The van der Waals surface area contributed by atoms with Crippen molar-refractivity contribution < 1.29 is 9.90 Å². The van der Waals surface area contributed by atoms with E-state index in [4.69, 9.17) is 28.3 Å². The van der Waals surface area contributed by atoms with Crippen molar-refractivity contribution in [2.24, 2.45) is 0 Å². The Morgan fingerprint density at radius 3 is 2.62 bits per heavy atom. The van der Waals surface area contributed by atoms with Crippen LogP contribution in [0.3, 0.4) is 0 Å². The molecule has 0 atom stereocenters. The number of halogens is 2. The van der Waals surface area contributed by atoms with Gasteiger partial charge < -0.3 is 15.7 Å². The number of aromatic nitrogens is 1. The number of amides is 1. The van der Waals surface area contributed by atoms with Crippen LogP contribution >= 0.6 is 23.2 Å². The number of benzene rings is 1. The first-order valence-electron chi connectivity index (χ1n) is 6.17. The molecule has 1 amide bonds. The molecule has 0 aliphatic rings. The minimum atomic E-state index is -0.300. The van der Waals surface area contributed by atoms with Crippen LogP contribution in [0, 0.1) is 0 Å². The van der Waals surface area contributed by atoms with Crippen molar-refractivity contribution in [3.8, 4) is 0 Å². The van der Waals surface area contributed by atoms with Crippen LogP contribution in [0.1, 0.15) is 10.4 Å². The molecule has 7 heteroatoms. The number of rotatable bonds is 5. The van der Waals surface area contributed by atoms with Crippen LogP contribution in [0.25, 0.3) is 0 Å². The highest BCUT2D eigenvalue weighted by molar-refractivity contribution is 6.42. The normalized spacial score (nSPS) is 10.2. The maximum Gasteiger partial charge on any atom is 0.255 e. The number of carbonyl (C=O) groups excluding carboxylic acids is 1. The third kappa shape index (κ3) is 4.32. The lowest BCUT2D eigenvalue weighted by Gasteiger charge is -2.07. The predicted molar refractivity (Wildman–Crippen MR) is 84.2 cm³/mol. The average Bonchev–Trinajstić information content (AvgIpc) is 2.49. The van der Waals surface area contributed by atoms with Crippen LogP contribution in [-0.4, -0.2) is 29.1 Å². The van der Waals surface area contributed by atoms with E-state index in [1.54, 1.807) is 24.3 Å². The fourth-order valence-corrected chi connectivity index (χ4v) is 1.90. The number of nitrogens with zero attached hydrogens (tertiary/aromatic N) is 1. The molecule has 0 bridgehead atoms. The molecule has 2 rings (SSSR count). The largest absolute Gasteiger partial charge is 0.395 e. The van der Waals surface area contributed by atoms with Crippen molar-refractivity contribution >= 4 is 40.6 Å². The molecule has 3 N–H and O–H groups in total. The van der Waals surface area contributed by atoms with Crippen molar-refractivity contribution in [1.29, 1.82) is 0 Å². The SMILES string of the molecule is O=C(Nc1ccc(NCCO)nc1)c1ccc(Cl)c(Cl)c1. The van der Waals surface area contributed by atoms with Gasteiger partial charge in [0.2, 0.25) is 0 Å². The van der Waals surface area contributed by atoms with E-state index in [9.17, 15) is 4.79 Å². The Balaban J connectivity index is 2.03. The molecule has 2 aromatic rings. The molecular formula is C14H13Cl2N3O2. The zero-order valence-corrected chi connectivity index (χ0v) is 12.4. The van der Waals surface area contributed by atoms with Gasteiger partial charge >= 0.3 is 0 Å². The second-order valence-electron chi connectivity index (χ2n) is 4.17. The van der Waals surface area contributed by atoms with Crippen molar-refractivity contribution in [1.82, 2.24) is 4.98 Å². The molecule has 0 fully saturated rings. The molecule has 0 saturated heterocycles. The van der Waals surface area contributed by atoms with E-state index in [2.05, 4.69) is 15.6 Å². The summed E-state index contributed by atoms with van der Waals surface area (Å²) in [5.74, 6) is 0.322. The van der Waals surface area contributed by atoms with Gasteiger partial charge in [-0.3, -0.25) is 4.79 Å². The molecule has 21 heavy (non-hydrogen) atoms. The summed E-state index contributed by atoms with van der Waals surface area (Å²) in [5.41, 5.74) is 0.965. The zero-order chi connectivity index (χ0) is 15.2. The van der Waals surface area contributed by atoms with Crippen molar-refractivity contribution in [3.05, 3.63) is 52.1 Å². The molecule has 0 aliphatic carbocycles. The van der Waals surface area contributed by atoms with Crippen molar-refractivity contribution in [2.75, 3.05) is 23.8 Å². The number of hydrogen-bond acceptors (Lipinski definition) is 4. The Bertz CT molecular complexity index is 633. The van der Waals surface area contributed by atoms with Gasteiger partial charge in [-0.15, -0.1) is 0 Å². The summed E-state index contributed by atoms with van der Waals surface area (Å²) >= 11 is 11.7. The number of pyridine rings is 1. The molecule has 0 spiro atoms. The molecule has 0 radical (unpaired) electrons. The zero-order valence-electron chi connectivity index (χ0n) is 10.9. The molecule has 0 saturated carbocycles. The summed E-state index contributed by atoms with van der Waals surface area (Å²) in [6.07, 6.45) is 1.52. The van der Waals surface area contributed by atoms with Crippen molar-refractivity contribution in [2.45, 2.75) is 0 Å². The second kappa shape index (κ2) is 7.26. The minimum Gasteiger partial charge on any atom is -0.395 e. The first-order valence-corrected chi connectivity index (χ1v) is 6.93. The highest BCUT2D eigenvalue weighted by Gasteiger charge is 2.08. The van der Waals surface area contributed by atoms with E-state index in [0.29, 0.717) is 33.7 Å². The highest BCUT2D eigenvalue weighted by Crippen LogP contribution is 2.23. The van der Waals surface area contributed by atoms with Gasteiger partial charge in [0, 0.05) is 12.1 Å². The number of anilines is 2. The molecule has 1 aromatic heterocycles. The molecule has 1 heterocycles. The molecule has 0 unspecified atom stereocenters.